The third-order valence-electron chi connectivity index (χ3n) is 1.99. The van der Waals surface area contributed by atoms with E-state index in [1.807, 2.05) is 24.3 Å². The first-order valence-corrected chi connectivity index (χ1v) is 5.87. The molecule has 0 unspecified atom stereocenters. The van der Waals surface area contributed by atoms with E-state index in [0.717, 1.165) is 12.2 Å². The summed E-state index contributed by atoms with van der Waals surface area (Å²) in [5.41, 5.74) is 1.21. The highest BCUT2D eigenvalue weighted by Crippen LogP contribution is 2.12. The molecule has 0 atom stereocenters. The van der Waals surface area contributed by atoms with Crippen LogP contribution in [-0.2, 0) is 16.0 Å². The lowest BCUT2D eigenvalue weighted by molar-refractivity contribution is -0.145. The van der Waals surface area contributed by atoms with Crippen molar-refractivity contribution in [2.75, 3.05) is 19.0 Å². The predicted molar refractivity (Wildman–Crippen MR) is 66.1 cm³/mol. The number of carbonyl (C=O) groups excluding carboxylic acids is 1. The first-order chi connectivity index (χ1) is 7.76. The third kappa shape index (κ3) is 4.57. The molecule has 0 radical (unpaired) electrons. The van der Waals surface area contributed by atoms with Crippen molar-refractivity contribution < 1.29 is 14.3 Å². The summed E-state index contributed by atoms with van der Waals surface area (Å²) in [6.07, 6.45) is 0.932. The van der Waals surface area contributed by atoms with Crippen LogP contribution < -0.4 is 4.74 Å². The molecule has 0 aliphatic rings. The van der Waals surface area contributed by atoms with Crippen molar-refractivity contribution in [1.29, 1.82) is 0 Å². The predicted octanol–water partition coefficient (Wildman–Crippen LogP) is 2.10. The monoisotopic (exact) mass is 240 g/mol. The SMILES string of the molecule is CCOC(=O)COc1ccc(CCS)cc1. The van der Waals surface area contributed by atoms with Gasteiger partial charge in [0.15, 0.2) is 6.61 Å². The summed E-state index contributed by atoms with van der Waals surface area (Å²) in [6, 6.07) is 7.63. The summed E-state index contributed by atoms with van der Waals surface area (Å²) >= 11 is 4.16. The summed E-state index contributed by atoms with van der Waals surface area (Å²) in [5, 5.41) is 0. The average molecular weight is 240 g/mol. The highest BCUT2D eigenvalue weighted by molar-refractivity contribution is 7.80. The largest absolute Gasteiger partial charge is 0.482 e. The van der Waals surface area contributed by atoms with Crippen molar-refractivity contribution in [2.24, 2.45) is 0 Å². The van der Waals surface area contributed by atoms with Gasteiger partial charge in [-0.2, -0.15) is 12.6 Å². The molecule has 0 fully saturated rings. The molecule has 88 valence electrons. The van der Waals surface area contributed by atoms with Gasteiger partial charge in [-0.05, 0) is 36.8 Å². The van der Waals surface area contributed by atoms with E-state index in [1.165, 1.54) is 5.56 Å². The number of thiol groups is 1. The minimum atomic E-state index is -0.345. The lowest BCUT2D eigenvalue weighted by atomic mass is 10.2. The van der Waals surface area contributed by atoms with Gasteiger partial charge < -0.3 is 9.47 Å². The minimum absolute atomic E-state index is 0.0419. The zero-order valence-corrected chi connectivity index (χ0v) is 10.2. The number of aryl methyl sites for hydroxylation is 1. The molecule has 0 aliphatic carbocycles. The molecule has 0 aliphatic heterocycles. The van der Waals surface area contributed by atoms with Gasteiger partial charge in [-0.15, -0.1) is 0 Å². The van der Waals surface area contributed by atoms with Crippen LogP contribution in [0.4, 0.5) is 0 Å². The van der Waals surface area contributed by atoms with E-state index in [1.54, 1.807) is 6.92 Å². The Morgan fingerprint density at radius 3 is 2.56 bits per heavy atom. The van der Waals surface area contributed by atoms with Crippen molar-refractivity contribution in [3.63, 3.8) is 0 Å². The molecule has 0 saturated heterocycles. The van der Waals surface area contributed by atoms with Crippen molar-refractivity contribution in [1.82, 2.24) is 0 Å². The summed E-state index contributed by atoms with van der Waals surface area (Å²) in [4.78, 5) is 11.0. The van der Waals surface area contributed by atoms with Crippen LogP contribution in [0.25, 0.3) is 0 Å². The summed E-state index contributed by atoms with van der Waals surface area (Å²) in [6.45, 7) is 2.10. The lowest BCUT2D eigenvalue weighted by Gasteiger charge is -2.06. The van der Waals surface area contributed by atoms with E-state index in [2.05, 4.69) is 12.6 Å². The Morgan fingerprint density at radius 1 is 1.31 bits per heavy atom. The van der Waals surface area contributed by atoms with E-state index in [9.17, 15) is 4.79 Å². The van der Waals surface area contributed by atoms with Gasteiger partial charge in [0, 0.05) is 0 Å². The summed E-state index contributed by atoms with van der Waals surface area (Å²) < 4.78 is 10.0. The molecular weight excluding hydrogens is 224 g/mol. The lowest BCUT2D eigenvalue weighted by Crippen LogP contribution is -2.14. The Bertz CT molecular complexity index is 322. The Kier molecular flexibility index (Phi) is 5.78. The molecule has 0 heterocycles. The Labute approximate surface area is 101 Å². The molecule has 0 amide bonds. The number of hydrogen-bond donors (Lipinski definition) is 1. The van der Waals surface area contributed by atoms with Gasteiger partial charge >= 0.3 is 5.97 Å². The van der Waals surface area contributed by atoms with Crippen molar-refractivity contribution in [2.45, 2.75) is 13.3 Å². The number of benzene rings is 1. The first-order valence-electron chi connectivity index (χ1n) is 5.24. The normalized spacial score (nSPS) is 9.88. The molecule has 0 N–H and O–H groups in total. The molecule has 0 saturated carbocycles. The van der Waals surface area contributed by atoms with Crippen LogP contribution in [0, 0.1) is 0 Å². The van der Waals surface area contributed by atoms with Crippen LogP contribution in [0.15, 0.2) is 24.3 Å². The topological polar surface area (TPSA) is 35.5 Å². The van der Waals surface area contributed by atoms with Gasteiger partial charge in [0.25, 0.3) is 0 Å². The Morgan fingerprint density at radius 2 is 2.00 bits per heavy atom. The van der Waals surface area contributed by atoms with Gasteiger partial charge in [-0.3, -0.25) is 0 Å². The molecule has 4 heteroatoms. The molecule has 1 rings (SSSR count). The molecular formula is C12H16O3S. The van der Waals surface area contributed by atoms with Crippen LogP contribution in [0.2, 0.25) is 0 Å². The van der Waals surface area contributed by atoms with Crippen LogP contribution in [0.1, 0.15) is 12.5 Å². The molecule has 0 bridgehead atoms. The van der Waals surface area contributed by atoms with Crippen molar-refractivity contribution in [3.05, 3.63) is 29.8 Å². The third-order valence-corrected chi connectivity index (χ3v) is 2.21. The van der Waals surface area contributed by atoms with Crippen LogP contribution in [0.5, 0.6) is 5.75 Å². The highest BCUT2D eigenvalue weighted by atomic mass is 32.1. The molecule has 0 spiro atoms. The van der Waals surface area contributed by atoms with Crippen LogP contribution in [0.3, 0.4) is 0 Å². The second-order valence-corrected chi connectivity index (χ2v) is 3.66. The zero-order valence-electron chi connectivity index (χ0n) is 9.31. The number of rotatable bonds is 6. The molecule has 1 aromatic carbocycles. The molecule has 0 aromatic heterocycles. The van der Waals surface area contributed by atoms with E-state index in [0.29, 0.717) is 12.4 Å². The number of carbonyl (C=O) groups is 1. The maximum absolute atomic E-state index is 11.0. The van der Waals surface area contributed by atoms with Gasteiger partial charge in [0.05, 0.1) is 6.61 Å². The fraction of sp³-hybridized carbons (Fsp3) is 0.417. The number of esters is 1. The second kappa shape index (κ2) is 7.17. The molecule has 3 nitrogen and oxygen atoms in total. The van der Waals surface area contributed by atoms with E-state index < -0.39 is 0 Å². The number of hydrogen-bond acceptors (Lipinski definition) is 4. The zero-order chi connectivity index (χ0) is 11.8. The van der Waals surface area contributed by atoms with Crippen molar-refractivity contribution in [3.8, 4) is 5.75 Å². The van der Waals surface area contributed by atoms with Gasteiger partial charge in [-0.1, -0.05) is 12.1 Å². The Hall–Kier alpha value is -1.16. The fourth-order valence-corrected chi connectivity index (χ4v) is 1.48. The standard InChI is InChI=1S/C12H16O3S/c1-2-14-12(13)9-15-11-5-3-10(4-6-11)7-8-16/h3-6,16H,2,7-9H2,1H3. The number of ether oxygens (including phenoxy) is 2. The summed E-state index contributed by atoms with van der Waals surface area (Å²) in [5.74, 6) is 1.15. The average Bonchev–Trinajstić information content (AvgIpc) is 2.29. The fourth-order valence-electron chi connectivity index (χ4n) is 1.23. The maximum Gasteiger partial charge on any atom is 0.344 e. The quantitative estimate of drug-likeness (QED) is 0.611. The van der Waals surface area contributed by atoms with Crippen LogP contribution in [-0.4, -0.2) is 24.9 Å². The second-order valence-electron chi connectivity index (χ2n) is 3.21. The highest BCUT2D eigenvalue weighted by Gasteiger charge is 2.02. The van der Waals surface area contributed by atoms with Crippen LogP contribution >= 0.6 is 12.6 Å². The maximum atomic E-state index is 11.0. The first kappa shape index (κ1) is 12.9. The minimum Gasteiger partial charge on any atom is -0.482 e. The Balaban J connectivity index is 2.40. The van der Waals surface area contributed by atoms with E-state index >= 15 is 0 Å². The van der Waals surface area contributed by atoms with Gasteiger partial charge in [0.1, 0.15) is 5.75 Å². The smallest absolute Gasteiger partial charge is 0.344 e. The van der Waals surface area contributed by atoms with Gasteiger partial charge in [0.2, 0.25) is 0 Å². The van der Waals surface area contributed by atoms with E-state index in [4.69, 9.17) is 9.47 Å². The van der Waals surface area contributed by atoms with Crippen molar-refractivity contribution >= 4 is 18.6 Å². The summed E-state index contributed by atoms with van der Waals surface area (Å²) in [7, 11) is 0. The molecule has 1 aromatic rings. The van der Waals surface area contributed by atoms with Gasteiger partial charge in [-0.25, -0.2) is 4.79 Å². The molecule has 16 heavy (non-hydrogen) atoms. The van der Waals surface area contributed by atoms with E-state index in [-0.39, 0.29) is 12.6 Å².